The largest absolute Gasteiger partial charge is 0.371 e. The third-order valence-corrected chi connectivity index (χ3v) is 4.26. The third kappa shape index (κ3) is 3.12. The second kappa shape index (κ2) is 5.77. The van der Waals surface area contributed by atoms with Gasteiger partial charge in [0.15, 0.2) is 0 Å². The summed E-state index contributed by atoms with van der Waals surface area (Å²) < 4.78 is 5.80. The monoisotopic (exact) mass is 316 g/mol. The average molecular weight is 316 g/mol. The summed E-state index contributed by atoms with van der Waals surface area (Å²) in [5.74, 6) is -1.19. The molecule has 2 aliphatic rings. The normalized spacial score (nSPS) is 22.3. The summed E-state index contributed by atoms with van der Waals surface area (Å²) in [6, 6.07) is 6.60. The van der Waals surface area contributed by atoms with E-state index in [4.69, 9.17) is 4.74 Å². The van der Waals surface area contributed by atoms with E-state index in [-0.39, 0.29) is 24.2 Å². The number of carbonyl (C=O) groups is 3. The Kier molecular flexibility index (Phi) is 3.93. The first-order chi connectivity index (χ1) is 10.9. The summed E-state index contributed by atoms with van der Waals surface area (Å²) in [5, 5.41) is 2.75. The van der Waals surface area contributed by atoms with E-state index in [9.17, 15) is 14.4 Å². The van der Waals surface area contributed by atoms with Crippen molar-refractivity contribution in [1.82, 2.24) is 10.2 Å². The van der Waals surface area contributed by atoms with Gasteiger partial charge in [-0.3, -0.25) is 19.3 Å². The number of nitrogens with zero attached hydrogens (tertiary/aromatic N) is 1. The molecule has 6 nitrogen and oxygen atoms in total. The Morgan fingerprint density at radius 3 is 2.39 bits per heavy atom. The Labute approximate surface area is 134 Å². The van der Waals surface area contributed by atoms with Crippen LogP contribution in [0.25, 0.3) is 0 Å². The predicted octanol–water partition coefficient (Wildman–Crippen LogP) is 1.36. The van der Waals surface area contributed by atoms with Gasteiger partial charge in [-0.05, 0) is 38.8 Å². The molecule has 1 aromatic rings. The summed E-state index contributed by atoms with van der Waals surface area (Å²) in [6.45, 7) is 4.18. The maximum atomic E-state index is 12.2. The van der Waals surface area contributed by atoms with E-state index < -0.39 is 11.8 Å². The number of hydrogen-bond acceptors (Lipinski definition) is 4. The van der Waals surface area contributed by atoms with Gasteiger partial charge < -0.3 is 10.1 Å². The molecule has 1 saturated heterocycles. The van der Waals surface area contributed by atoms with E-state index in [1.54, 1.807) is 24.3 Å². The van der Waals surface area contributed by atoms with Crippen LogP contribution in [0.4, 0.5) is 0 Å². The highest BCUT2D eigenvalue weighted by molar-refractivity contribution is 6.22. The molecule has 122 valence electrons. The molecule has 3 rings (SSSR count). The van der Waals surface area contributed by atoms with Gasteiger partial charge in [-0.2, -0.15) is 0 Å². The minimum absolute atomic E-state index is 0.0175. The van der Waals surface area contributed by atoms with Gasteiger partial charge in [0.05, 0.1) is 22.8 Å². The van der Waals surface area contributed by atoms with Crippen molar-refractivity contribution in [2.75, 3.05) is 13.1 Å². The van der Waals surface area contributed by atoms with E-state index in [1.165, 1.54) is 0 Å². The maximum absolute atomic E-state index is 12.2. The lowest BCUT2D eigenvalue weighted by Crippen LogP contribution is -2.42. The van der Waals surface area contributed by atoms with Crippen LogP contribution >= 0.6 is 0 Å². The van der Waals surface area contributed by atoms with Crippen molar-refractivity contribution < 1.29 is 19.1 Å². The first-order valence-electron chi connectivity index (χ1n) is 7.77. The zero-order valence-corrected chi connectivity index (χ0v) is 13.3. The van der Waals surface area contributed by atoms with Gasteiger partial charge >= 0.3 is 0 Å². The quantitative estimate of drug-likeness (QED) is 0.851. The molecule has 1 aromatic carbocycles. The number of hydrogen-bond donors (Lipinski definition) is 1. The van der Waals surface area contributed by atoms with Crippen LogP contribution in [0.5, 0.6) is 0 Å². The fraction of sp³-hybridized carbons (Fsp3) is 0.471. The summed E-state index contributed by atoms with van der Waals surface area (Å²) >= 11 is 0. The predicted molar refractivity (Wildman–Crippen MR) is 83.0 cm³/mol. The summed E-state index contributed by atoms with van der Waals surface area (Å²) in [5.41, 5.74) is 0.551. The number of benzene rings is 1. The van der Waals surface area contributed by atoms with E-state index >= 15 is 0 Å². The molecule has 0 bridgehead atoms. The molecule has 1 atom stereocenters. The highest BCUT2D eigenvalue weighted by Gasteiger charge is 2.36. The lowest BCUT2D eigenvalue weighted by atomic mass is 10.1. The second-order valence-electron chi connectivity index (χ2n) is 6.58. The van der Waals surface area contributed by atoms with E-state index in [2.05, 4.69) is 5.32 Å². The Balaban J connectivity index is 1.55. The van der Waals surface area contributed by atoms with Crippen LogP contribution in [-0.2, 0) is 9.53 Å². The average Bonchev–Trinajstić information content (AvgIpc) is 2.98. The molecule has 23 heavy (non-hydrogen) atoms. The molecule has 1 unspecified atom stereocenters. The van der Waals surface area contributed by atoms with Crippen molar-refractivity contribution in [3.8, 4) is 0 Å². The third-order valence-electron chi connectivity index (χ3n) is 4.26. The summed E-state index contributed by atoms with van der Waals surface area (Å²) in [7, 11) is 0. The zero-order valence-electron chi connectivity index (χ0n) is 13.3. The minimum Gasteiger partial charge on any atom is -0.371 e. The molecule has 0 saturated carbocycles. The van der Waals surface area contributed by atoms with Gasteiger partial charge in [-0.25, -0.2) is 0 Å². The Bertz CT molecular complexity index is 633. The SMILES string of the molecule is CC1(C)CCC(CNC(=O)CN2C(=O)c3ccccc3C2=O)O1. The number of fused-ring (bicyclic) bond motifs is 1. The van der Waals surface area contributed by atoms with Gasteiger partial charge in [-0.1, -0.05) is 12.1 Å². The molecular weight excluding hydrogens is 296 g/mol. The molecule has 2 aliphatic heterocycles. The van der Waals surface area contributed by atoms with Crippen molar-refractivity contribution in [3.05, 3.63) is 35.4 Å². The fourth-order valence-electron chi connectivity index (χ4n) is 3.03. The highest BCUT2D eigenvalue weighted by Crippen LogP contribution is 2.28. The standard InChI is InChI=1S/C17H20N2O4/c1-17(2)8-7-11(23-17)9-18-14(20)10-19-15(21)12-5-3-4-6-13(12)16(19)22/h3-6,11H,7-10H2,1-2H3,(H,18,20). The number of nitrogens with one attached hydrogen (secondary N) is 1. The fourth-order valence-corrected chi connectivity index (χ4v) is 3.03. The second-order valence-corrected chi connectivity index (χ2v) is 6.58. The molecule has 0 aliphatic carbocycles. The van der Waals surface area contributed by atoms with Crippen LogP contribution in [0, 0.1) is 0 Å². The molecular formula is C17H20N2O4. The van der Waals surface area contributed by atoms with Gasteiger partial charge in [0.2, 0.25) is 5.91 Å². The van der Waals surface area contributed by atoms with Crippen molar-refractivity contribution in [1.29, 1.82) is 0 Å². The molecule has 0 radical (unpaired) electrons. The van der Waals surface area contributed by atoms with Gasteiger partial charge in [0.1, 0.15) is 6.54 Å². The van der Waals surface area contributed by atoms with Gasteiger partial charge in [0, 0.05) is 6.54 Å². The highest BCUT2D eigenvalue weighted by atomic mass is 16.5. The minimum atomic E-state index is -0.418. The Morgan fingerprint density at radius 2 is 1.87 bits per heavy atom. The lowest BCUT2D eigenvalue weighted by molar-refractivity contribution is -0.122. The number of carbonyl (C=O) groups excluding carboxylic acids is 3. The maximum Gasteiger partial charge on any atom is 0.262 e. The lowest BCUT2D eigenvalue weighted by Gasteiger charge is -2.20. The van der Waals surface area contributed by atoms with Crippen LogP contribution in [0.1, 0.15) is 47.4 Å². The van der Waals surface area contributed by atoms with Crippen molar-refractivity contribution in [3.63, 3.8) is 0 Å². The molecule has 6 heteroatoms. The topological polar surface area (TPSA) is 75.7 Å². The molecule has 1 N–H and O–H groups in total. The van der Waals surface area contributed by atoms with Crippen LogP contribution in [0.3, 0.4) is 0 Å². The van der Waals surface area contributed by atoms with E-state index in [0.717, 1.165) is 17.7 Å². The van der Waals surface area contributed by atoms with Crippen molar-refractivity contribution in [2.45, 2.75) is 38.4 Å². The molecule has 1 fully saturated rings. The van der Waals surface area contributed by atoms with Crippen LogP contribution in [0.2, 0.25) is 0 Å². The zero-order chi connectivity index (χ0) is 16.6. The molecule has 3 amide bonds. The van der Waals surface area contributed by atoms with Gasteiger partial charge in [-0.15, -0.1) is 0 Å². The first kappa shape index (κ1) is 15.7. The van der Waals surface area contributed by atoms with Gasteiger partial charge in [0.25, 0.3) is 11.8 Å². The molecule has 0 spiro atoms. The number of amides is 3. The van der Waals surface area contributed by atoms with Crippen LogP contribution < -0.4 is 5.32 Å². The van der Waals surface area contributed by atoms with Crippen molar-refractivity contribution >= 4 is 17.7 Å². The smallest absolute Gasteiger partial charge is 0.262 e. The Morgan fingerprint density at radius 1 is 1.26 bits per heavy atom. The van der Waals surface area contributed by atoms with Crippen LogP contribution in [-0.4, -0.2) is 47.4 Å². The Hall–Kier alpha value is -2.21. The van der Waals surface area contributed by atoms with Crippen LogP contribution in [0.15, 0.2) is 24.3 Å². The van der Waals surface area contributed by atoms with Crippen molar-refractivity contribution in [2.24, 2.45) is 0 Å². The summed E-state index contributed by atoms with van der Waals surface area (Å²) in [4.78, 5) is 37.4. The number of imide groups is 1. The summed E-state index contributed by atoms with van der Waals surface area (Å²) in [6.07, 6.45) is 1.82. The molecule has 0 aromatic heterocycles. The van der Waals surface area contributed by atoms with E-state index in [0.29, 0.717) is 17.7 Å². The van der Waals surface area contributed by atoms with E-state index in [1.807, 2.05) is 13.8 Å². The number of rotatable bonds is 4. The molecule has 2 heterocycles. The first-order valence-corrected chi connectivity index (χ1v) is 7.77. The number of ether oxygens (including phenoxy) is 1.